The minimum absolute atomic E-state index is 0.0313. The number of nitrogens with zero attached hydrogens (tertiary/aromatic N) is 1. The molecule has 0 aromatic heterocycles. The number of benzene rings is 1. The molecule has 0 spiro atoms. The van der Waals surface area contributed by atoms with Crippen LogP contribution in [0, 0.1) is 0 Å². The molecule has 1 heterocycles. The first-order valence-electron chi connectivity index (χ1n) is 4.76. The van der Waals surface area contributed by atoms with E-state index in [4.69, 9.17) is 0 Å². The zero-order chi connectivity index (χ0) is 11.0. The van der Waals surface area contributed by atoms with Crippen LogP contribution in [0.4, 0.5) is 0 Å². The van der Waals surface area contributed by atoms with Crippen molar-refractivity contribution in [2.45, 2.75) is 17.3 Å². The lowest BCUT2D eigenvalue weighted by Gasteiger charge is -2.19. The molecule has 0 radical (unpaired) electrons. The van der Waals surface area contributed by atoms with Crippen molar-refractivity contribution in [3.63, 3.8) is 0 Å². The maximum absolute atomic E-state index is 11.6. The van der Waals surface area contributed by atoms with Crippen molar-refractivity contribution in [3.05, 3.63) is 34.3 Å². The monoisotopic (exact) mass is 331 g/mol. The number of alkyl halides is 1. The van der Waals surface area contributed by atoms with E-state index in [2.05, 4.69) is 44.0 Å². The van der Waals surface area contributed by atoms with Gasteiger partial charge in [0.15, 0.2) is 0 Å². The zero-order valence-corrected chi connectivity index (χ0v) is 11.5. The zero-order valence-electron chi connectivity index (χ0n) is 8.28. The number of hydrogen-bond donors (Lipinski definition) is 0. The summed E-state index contributed by atoms with van der Waals surface area (Å²) in [6.45, 7) is 0. The van der Waals surface area contributed by atoms with Crippen LogP contribution in [0.15, 0.2) is 28.7 Å². The minimum Gasteiger partial charge on any atom is -0.338 e. The highest BCUT2D eigenvalue weighted by molar-refractivity contribution is 9.10. The molecule has 1 saturated heterocycles. The maximum Gasteiger partial charge on any atom is 0.236 e. The van der Waals surface area contributed by atoms with Crippen LogP contribution >= 0.6 is 31.9 Å². The van der Waals surface area contributed by atoms with Crippen LogP contribution in [-0.2, 0) is 4.79 Å². The quantitative estimate of drug-likeness (QED) is 0.724. The fourth-order valence-corrected chi connectivity index (χ4v) is 2.82. The van der Waals surface area contributed by atoms with Crippen LogP contribution < -0.4 is 0 Å². The average molecular weight is 333 g/mol. The van der Waals surface area contributed by atoms with Gasteiger partial charge in [0.1, 0.15) is 0 Å². The molecule has 1 aromatic rings. The van der Waals surface area contributed by atoms with E-state index >= 15 is 0 Å². The Kier molecular flexibility index (Phi) is 3.16. The maximum atomic E-state index is 11.6. The summed E-state index contributed by atoms with van der Waals surface area (Å²) >= 11 is 6.80. The number of likely N-dealkylation sites (tertiary alicyclic amines) is 1. The third kappa shape index (κ3) is 2.11. The molecule has 1 amide bonds. The summed E-state index contributed by atoms with van der Waals surface area (Å²) < 4.78 is 1.06. The standard InChI is InChI=1S/C11H11Br2NO/c1-14-10(6-9(13)11(14)15)7-2-4-8(12)5-3-7/h2-5,9-10H,6H2,1H3/t9-,10-/m0/s1. The van der Waals surface area contributed by atoms with Crippen molar-refractivity contribution in [2.24, 2.45) is 0 Å². The van der Waals surface area contributed by atoms with Gasteiger partial charge in [-0.15, -0.1) is 0 Å². The van der Waals surface area contributed by atoms with Crippen LogP contribution in [0.25, 0.3) is 0 Å². The molecule has 4 heteroatoms. The topological polar surface area (TPSA) is 20.3 Å². The van der Waals surface area contributed by atoms with Crippen molar-refractivity contribution in [3.8, 4) is 0 Å². The lowest BCUT2D eigenvalue weighted by molar-refractivity contribution is -0.127. The van der Waals surface area contributed by atoms with E-state index in [0.29, 0.717) is 0 Å². The first kappa shape index (κ1) is 11.1. The van der Waals surface area contributed by atoms with Crippen LogP contribution in [0.5, 0.6) is 0 Å². The van der Waals surface area contributed by atoms with E-state index < -0.39 is 0 Å². The molecule has 0 aliphatic carbocycles. The Morgan fingerprint density at radius 3 is 2.40 bits per heavy atom. The summed E-state index contributed by atoms with van der Waals surface area (Å²) in [6, 6.07) is 8.34. The molecule has 15 heavy (non-hydrogen) atoms. The van der Waals surface area contributed by atoms with Gasteiger partial charge in [-0.1, -0.05) is 44.0 Å². The minimum atomic E-state index is -0.0313. The van der Waals surface area contributed by atoms with Crippen molar-refractivity contribution in [1.82, 2.24) is 4.90 Å². The molecule has 1 aliphatic rings. The molecule has 2 atom stereocenters. The second kappa shape index (κ2) is 4.26. The normalized spacial score (nSPS) is 26.1. The molecule has 0 N–H and O–H groups in total. The van der Waals surface area contributed by atoms with Crippen LogP contribution in [0.1, 0.15) is 18.0 Å². The van der Waals surface area contributed by atoms with Gasteiger partial charge in [0.2, 0.25) is 5.91 Å². The van der Waals surface area contributed by atoms with Gasteiger partial charge in [0.25, 0.3) is 0 Å². The molecule has 0 unspecified atom stereocenters. The van der Waals surface area contributed by atoms with Gasteiger partial charge in [-0.2, -0.15) is 0 Å². The number of amides is 1. The largest absolute Gasteiger partial charge is 0.338 e. The highest BCUT2D eigenvalue weighted by atomic mass is 79.9. The lowest BCUT2D eigenvalue weighted by atomic mass is 10.1. The molecule has 0 saturated carbocycles. The fraction of sp³-hybridized carbons (Fsp3) is 0.364. The van der Waals surface area contributed by atoms with Crippen LogP contribution in [0.2, 0.25) is 0 Å². The van der Waals surface area contributed by atoms with E-state index in [0.717, 1.165) is 10.9 Å². The summed E-state index contributed by atoms with van der Waals surface area (Å²) in [7, 11) is 1.86. The van der Waals surface area contributed by atoms with Crippen molar-refractivity contribution in [1.29, 1.82) is 0 Å². The highest BCUT2D eigenvalue weighted by Gasteiger charge is 2.36. The third-order valence-corrected chi connectivity index (χ3v) is 4.06. The smallest absolute Gasteiger partial charge is 0.236 e. The van der Waals surface area contributed by atoms with Gasteiger partial charge >= 0.3 is 0 Å². The number of rotatable bonds is 1. The third-order valence-electron chi connectivity index (χ3n) is 2.77. The average Bonchev–Trinajstić information content (AvgIpc) is 2.47. The summed E-state index contributed by atoms with van der Waals surface area (Å²) in [4.78, 5) is 13.4. The molecule has 80 valence electrons. The van der Waals surface area contributed by atoms with Crippen molar-refractivity contribution in [2.75, 3.05) is 7.05 Å². The predicted octanol–water partition coefficient (Wildman–Crippen LogP) is 3.12. The van der Waals surface area contributed by atoms with Gasteiger partial charge in [-0.25, -0.2) is 0 Å². The Morgan fingerprint density at radius 1 is 1.33 bits per heavy atom. The number of carbonyl (C=O) groups excluding carboxylic acids is 1. The SMILES string of the molecule is CN1C(=O)[C@@H](Br)C[C@H]1c1ccc(Br)cc1. The van der Waals surface area contributed by atoms with Gasteiger partial charge < -0.3 is 4.90 Å². The van der Waals surface area contributed by atoms with Gasteiger partial charge in [0, 0.05) is 11.5 Å². The van der Waals surface area contributed by atoms with Crippen molar-refractivity contribution < 1.29 is 4.79 Å². The number of hydrogen-bond acceptors (Lipinski definition) is 1. The Hall–Kier alpha value is -0.350. The van der Waals surface area contributed by atoms with Gasteiger partial charge in [-0.3, -0.25) is 4.79 Å². The second-order valence-electron chi connectivity index (χ2n) is 3.72. The van der Waals surface area contributed by atoms with E-state index in [1.807, 2.05) is 24.1 Å². The number of halogens is 2. The summed E-state index contributed by atoms with van der Waals surface area (Å²) in [5.41, 5.74) is 1.19. The second-order valence-corrected chi connectivity index (χ2v) is 5.74. The molecule has 2 rings (SSSR count). The molecule has 1 fully saturated rings. The molecule has 1 aromatic carbocycles. The van der Waals surface area contributed by atoms with E-state index in [1.165, 1.54) is 5.56 Å². The van der Waals surface area contributed by atoms with E-state index in [-0.39, 0.29) is 16.8 Å². The van der Waals surface area contributed by atoms with Crippen molar-refractivity contribution >= 4 is 37.8 Å². The molecular weight excluding hydrogens is 322 g/mol. The first-order chi connectivity index (χ1) is 7.09. The summed E-state index contributed by atoms with van der Waals surface area (Å²) in [6.07, 6.45) is 0.844. The van der Waals surface area contributed by atoms with Crippen LogP contribution in [-0.4, -0.2) is 22.7 Å². The molecular formula is C11H11Br2NO. The molecule has 2 nitrogen and oxygen atoms in total. The Labute approximate surface area is 106 Å². The predicted molar refractivity (Wildman–Crippen MR) is 67.0 cm³/mol. The van der Waals surface area contributed by atoms with E-state index in [9.17, 15) is 4.79 Å². The Morgan fingerprint density at radius 2 is 1.93 bits per heavy atom. The van der Waals surface area contributed by atoms with Gasteiger partial charge in [-0.05, 0) is 24.1 Å². The highest BCUT2D eigenvalue weighted by Crippen LogP contribution is 2.35. The number of carbonyl (C=O) groups is 1. The molecule has 1 aliphatic heterocycles. The Balaban J connectivity index is 2.25. The van der Waals surface area contributed by atoms with E-state index in [1.54, 1.807) is 0 Å². The first-order valence-corrected chi connectivity index (χ1v) is 6.46. The lowest BCUT2D eigenvalue weighted by Crippen LogP contribution is -2.24. The Bertz CT molecular complexity index is 377. The van der Waals surface area contributed by atoms with Gasteiger partial charge in [0.05, 0.1) is 10.9 Å². The summed E-state index contributed by atoms with van der Waals surface area (Å²) in [5, 5.41) is 0. The summed E-state index contributed by atoms with van der Waals surface area (Å²) in [5.74, 6) is 0.169. The van der Waals surface area contributed by atoms with Crippen LogP contribution in [0.3, 0.4) is 0 Å². The fourth-order valence-electron chi connectivity index (χ4n) is 1.87. The molecule has 0 bridgehead atoms.